The third-order valence-electron chi connectivity index (χ3n) is 3.02. The predicted octanol–water partition coefficient (Wildman–Crippen LogP) is 2.62. The molecule has 0 aliphatic heterocycles. The van der Waals surface area contributed by atoms with E-state index in [0.717, 1.165) is 18.5 Å². The number of hydrogen-bond donors (Lipinski definition) is 0. The molecule has 0 atom stereocenters. The Hall–Kier alpha value is -1.60. The van der Waals surface area contributed by atoms with Crippen molar-refractivity contribution in [1.29, 1.82) is 5.26 Å². The Morgan fingerprint density at radius 1 is 1.50 bits per heavy atom. The van der Waals surface area contributed by atoms with Crippen LogP contribution in [0.3, 0.4) is 0 Å². The number of thiophene rings is 1. The van der Waals surface area contributed by atoms with Crippen molar-refractivity contribution < 1.29 is 0 Å². The van der Waals surface area contributed by atoms with E-state index in [2.05, 4.69) is 28.0 Å². The van der Waals surface area contributed by atoms with Crippen molar-refractivity contribution in [3.8, 4) is 17.3 Å². The lowest BCUT2D eigenvalue weighted by molar-refractivity contribution is 0.665. The SMILES string of the molecule is N#CCn1nc(-c2ccsc2)c2c1CCC2. The first-order valence-corrected chi connectivity index (χ1v) is 6.32. The average molecular weight is 229 g/mol. The summed E-state index contributed by atoms with van der Waals surface area (Å²) in [6, 6.07) is 4.27. The normalized spacial score (nSPS) is 13.7. The van der Waals surface area contributed by atoms with Crippen molar-refractivity contribution in [1.82, 2.24) is 9.78 Å². The van der Waals surface area contributed by atoms with Crippen molar-refractivity contribution in [2.45, 2.75) is 25.8 Å². The second kappa shape index (κ2) is 3.76. The Bertz CT molecular complexity index is 546. The van der Waals surface area contributed by atoms with Gasteiger partial charge in [0.05, 0.1) is 11.8 Å². The van der Waals surface area contributed by atoms with E-state index in [9.17, 15) is 0 Å². The van der Waals surface area contributed by atoms with Gasteiger partial charge in [-0.15, -0.1) is 0 Å². The Labute approximate surface area is 97.9 Å². The van der Waals surface area contributed by atoms with Gasteiger partial charge in [0.15, 0.2) is 0 Å². The van der Waals surface area contributed by atoms with Crippen LogP contribution in [0, 0.1) is 11.3 Å². The number of rotatable bonds is 2. The highest BCUT2D eigenvalue weighted by molar-refractivity contribution is 7.08. The minimum Gasteiger partial charge on any atom is -0.254 e. The number of nitriles is 1. The molecule has 0 saturated carbocycles. The second-order valence-corrected chi connectivity index (χ2v) is 4.74. The van der Waals surface area contributed by atoms with E-state index < -0.39 is 0 Å². The quantitative estimate of drug-likeness (QED) is 0.794. The van der Waals surface area contributed by atoms with Gasteiger partial charge in [-0.1, -0.05) is 0 Å². The highest BCUT2D eigenvalue weighted by Crippen LogP contribution is 2.32. The maximum atomic E-state index is 8.78. The van der Waals surface area contributed by atoms with E-state index in [1.54, 1.807) is 11.3 Å². The monoisotopic (exact) mass is 229 g/mol. The fourth-order valence-corrected chi connectivity index (χ4v) is 2.98. The third-order valence-corrected chi connectivity index (χ3v) is 3.71. The third kappa shape index (κ3) is 1.36. The van der Waals surface area contributed by atoms with Gasteiger partial charge in [-0.2, -0.15) is 21.7 Å². The lowest BCUT2D eigenvalue weighted by Crippen LogP contribution is -2.02. The van der Waals surface area contributed by atoms with Crippen LogP contribution in [0.4, 0.5) is 0 Å². The van der Waals surface area contributed by atoms with E-state index in [-0.39, 0.29) is 0 Å². The van der Waals surface area contributed by atoms with Crippen LogP contribution in [0.15, 0.2) is 16.8 Å². The summed E-state index contributed by atoms with van der Waals surface area (Å²) in [5.41, 5.74) is 4.90. The first kappa shape index (κ1) is 9.61. The number of hydrogen-bond acceptors (Lipinski definition) is 3. The van der Waals surface area contributed by atoms with Gasteiger partial charge < -0.3 is 0 Å². The number of fused-ring (bicyclic) bond motifs is 1. The molecule has 0 amide bonds. The van der Waals surface area contributed by atoms with Crippen LogP contribution in [-0.2, 0) is 19.4 Å². The van der Waals surface area contributed by atoms with Crippen LogP contribution in [0.5, 0.6) is 0 Å². The van der Waals surface area contributed by atoms with Crippen LogP contribution in [0.1, 0.15) is 17.7 Å². The molecule has 80 valence electrons. The Morgan fingerprint density at radius 2 is 2.44 bits per heavy atom. The van der Waals surface area contributed by atoms with Crippen molar-refractivity contribution in [3.05, 3.63) is 28.1 Å². The van der Waals surface area contributed by atoms with Gasteiger partial charge in [0, 0.05) is 22.2 Å². The second-order valence-electron chi connectivity index (χ2n) is 3.96. The Balaban J connectivity index is 2.13. The molecule has 4 heteroatoms. The molecule has 0 saturated heterocycles. The molecule has 0 spiro atoms. The summed E-state index contributed by atoms with van der Waals surface area (Å²) in [7, 11) is 0. The fraction of sp³-hybridized carbons (Fsp3) is 0.333. The van der Waals surface area contributed by atoms with Gasteiger partial charge in [-0.05, 0) is 30.7 Å². The smallest absolute Gasteiger partial charge is 0.128 e. The molecule has 2 heterocycles. The molecule has 1 aliphatic rings. The minimum absolute atomic E-state index is 0.368. The maximum Gasteiger partial charge on any atom is 0.128 e. The maximum absolute atomic E-state index is 8.78. The summed E-state index contributed by atoms with van der Waals surface area (Å²) >= 11 is 1.69. The van der Waals surface area contributed by atoms with Gasteiger partial charge in [0.25, 0.3) is 0 Å². The molecular formula is C12H11N3S. The lowest BCUT2D eigenvalue weighted by Gasteiger charge is -1.97. The summed E-state index contributed by atoms with van der Waals surface area (Å²) in [6.07, 6.45) is 3.36. The first-order valence-electron chi connectivity index (χ1n) is 5.38. The highest BCUT2D eigenvalue weighted by atomic mass is 32.1. The van der Waals surface area contributed by atoms with Crippen LogP contribution in [0.25, 0.3) is 11.3 Å². The summed E-state index contributed by atoms with van der Waals surface area (Å²) in [4.78, 5) is 0. The minimum atomic E-state index is 0.368. The highest BCUT2D eigenvalue weighted by Gasteiger charge is 2.22. The molecule has 0 N–H and O–H groups in total. The molecule has 1 aliphatic carbocycles. The number of aromatic nitrogens is 2. The molecule has 0 aromatic carbocycles. The van der Waals surface area contributed by atoms with Crippen molar-refractivity contribution in [3.63, 3.8) is 0 Å². The van der Waals surface area contributed by atoms with E-state index >= 15 is 0 Å². The van der Waals surface area contributed by atoms with Crippen molar-refractivity contribution in [2.24, 2.45) is 0 Å². The zero-order valence-electron chi connectivity index (χ0n) is 8.81. The van der Waals surface area contributed by atoms with E-state index in [1.807, 2.05) is 4.68 Å². The fourth-order valence-electron chi connectivity index (χ4n) is 2.34. The van der Waals surface area contributed by atoms with Crippen LogP contribution >= 0.6 is 11.3 Å². The molecule has 3 nitrogen and oxygen atoms in total. The average Bonchev–Trinajstić information content (AvgIpc) is 2.94. The molecule has 0 unspecified atom stereocenters. The topological polar surface area (TPSA) is 41.6 Å². The van der Waals surface area contributed by atoms with Gasteiger partial charge in [0.2, 0.25) is 0 Å². The summed E-state index contributed by atoms with van der Waals surface area (Å²) < 4.78 is 1.87. The van der Waals surface area contributed by atoms with Gasteiger partial charge in [-0.3, -0.25) is 4.68 Å². The van der Waals surface area contributed by atoms with Gasteiger partial charge >= 0.3 is 0 Å². The summed E-state index contributed by atoms with van der Waals surface area (Å²) in [5, 5.41) is 17.5. The standard InChI is InChI=1S/C12H11N3S/c13-5-6-15-11-3-1-2-10(11)12(14-15)9-4-7-16-8-9/h4,7-8H,1-3,6H2. The van der Waals surface area contributed by atoms with E-state index in [4.69, 9.17) is 5.26 Å². The van der Waals surface area contributed by atoms with Crippen LogP contribution in [0.2, 0.25) is 0 Å². The van der Waals surface area contributed by atoms with Gasteiger partial charge in [-0.25, -0.2) is 0 Å². The molecule has 16 heavy (non-hydrogen) atoms. The summed E-state index contributed by atoms with van der Waals surface area (Å²) in [6.45, 7) is 0.368. The zero-order chi connectivity index (χ0) is 11.0. The Kier molecular flexibility index (Phi) is 2.26. The first-order chi connectivity index (χ1) is 7.90. The molecule has 0 fully saturated rings. The lowest BCUT2D eigenvalue weighted by atomic mass is 10.1. The van der Waals surface area contributed by atoms with Crippen molar-refractivity contribution in [2.75, 3.05) is 0 Å². The van der Waals surface area contributed by atoms with E-state index in [1.165, 1.54) is 23.2 Å². The Morgan fingerprint density at radius 3 is 3.19 bits per heavy atom. The van der Waals surface area contributed by atoms with Crippen LogP contribution < -0.4 is 0 Å². The number of nitrogens with zero attached hydrogens (tertiary/aromatic N) is 3. The van der Waals surface area contributed by atoms with Crippen molar-refractivity contribution >= 4 is 11.3 Å². The molecule has 0 bridgehead atoms. The van der Waals surface area contributed by atoms with E-state index in [0.29, 0.717) is 6.54 Å². The molecule has 3 rings (SSSR count). The largest absolute Gasteiger partial charge is 0.254 e. The van der Waals surface area contributed by atoms with Crippen LogP contribution in [-0.4, -0.2) is 9.78 Å². The zero-order valence-corrected chi connectivity index (χ0v) is 9.63. The molecule has 2 aromatic heterocycles. The molecular weight excluding hydrogens is 218 g/mol. The molecule has 0 radical (unpaired) electrons. The summed E-state index contributed by atoms with van der Waals surface area (Å²) in [5.74, 6) is 0. The predicted molar refractivity (Wildman–Crippen MR) is 63.2 cm³/mol. The molecule has 2 aromatic rings. The van der Waals surface area contributed by atoms with Gasteiger partial charge in [0.1, 0.15) is 6.54 Å².